The lowest BCUT2D eigenvalue weighted by molar-refractivity contribution is -0.157. The molecule has 17 nitrogen and oxygen atoms in total. The molecule has 4 aromatic rings. The highest BCUT2D eigenvalue weighted by molar-refractivity contribution is 6.32. The maximum absolute atomic E-state index is 14.1. The molecular weight excluding hydrogens is 1030 g/mol. The number of carbonyl (C=O) groups excluding carboxylic acids is 6. The third-order valence-corrected chi connectivity index (χ3v) is 15.8. The Bertz CT molecular complexity index is 2880. The van der Waals surface area contributed by atoms with Crippen molar-refractivity contribution in [2.24, 2.45) is 23.2 Å². The average Bonchev–Trinajstić information content (AvgIpc) is 4.27. The number of halogens is 1. The molecular formula is C61H75ClN6O11. The van der Waals surface area contributed by atoms with Crippen LogP contribution in [0.2, 0.25) is 5.02 Å². The van der Waals surface area contributed by atoms with Gasteiger partial charge in [0.25, 0.3) is 0 Å². The molecule has 7 rings (SSSR count). The van der Waals surface area contributed by atoms with Crippen LogP contribution in [0.1, 0.15) is 115 Å². The third-order valence-electron chi connectivity index (χ3n) is 15.5. The molecule has 0 aromatic heterocycles. The Morgan fingerprint density at radius 1 is 0.835 bits per heavy atom. The number of rotatable bonds is 17. The molecule has 6 amide bonds. The van der Waals surface area contributed by atoms with Gasteiger partial charge in [-0.1, -0.05) is 131 Å². The summed E-state index contributed by atoms with van der Waals surface area (Å²) < 4.78 is 17.8. The highest BCUT2D eigenvalue weighted by Gasteiger charge is 2.48. The topological polar surface area (TPSA) is 234 Å². The van der Waals surface area contributed by atoms with Gasteiger partial charge in [-0.05, 0) is 103 Å². The Balaban J connectivity index is 0.991. The summed E-state index contributed by atoms with van der Waals surface area (Å²) in [5, 5.41) is 25.2. The number of hydrogen-bond donors (Lipinski definition) is 6. The van der Waals surface area contributed by atoms with Crippen molar-refractivity contribution in [3.63, 3.8) is 0 Å². The molecule has 0 radical (unpaired) electrons. The van der Waals surface area contributed by atoms with E-state index in [2.05, 4.69) is 26.6 Å². The fraction of sp³-hybridized carbons (Fsp3) is 0.459. The zero-order valence-electron chi connectivity index (χ0n) is 46.6. The van der Waals surface area contributed by atoms with Crippen LogP contribution in [-0.4, -0.2) is 108 Å². The number of carboxylic acid groups (broad SMARTS) is 1. The Labute approximate surface area is 467 Å². The van der Waals surface area contributed by atoms with Crippen molar-refractivity contribution >= 4 is 53.2 Å². The van der Waals surface area contributed by atoms with Crippen LogP contribution in [0, 0.1) is 23.2 Å². The SMILES string of the molecule is COc1ccc(C[C@H]2NC(=O)/C=C/C[C@@H]([C@H](C)C3OC3c3ccc(CNC(=O)[C@H](C)NC(=O)[C@H](C(C)C)N(CC4c5ccccc5-c5ccccc54)C(=O)O)cc3)OC(=O)[C@H](CC(C)C)NC(=O)C(C)(C)C(C)NC2=O)cc1Cl. The van der Waals surface area contributed by atoms with Gasteiger partial charge in [0.1, 0.15) is 42.1 Å². The second-order valence-electron chi connectivity index (χ2n) is 22.4. The van der Waals surface area contributed by atoms with Crippen molar-refractivity contribution in [1.82, 2.24) is 31.5 Å². The van der Waals surface area contributed by atoms with Gasteiger partial charge in [-0.25, -0.2) is 9.59 Å². The van der Waals surface area contributed by atoms with Crippen molar-refractivity contribution in [2.45, 2.75) is 143 Å². The summed E-state index contributed by atoms with van der Waals surface area (Å²) in [5.74, 6) is -3.81. The van der Waals surface area contributed by atoms with Crippen molar-refractivity contribution in [2.75, 3.05) is 13.7 Å². The van der Waals surface area contributed by atoms with Gasteiger partial charge in [0, 0.05) is 43.8 Å². The van der Waals surface area contributed by atoms with E-state index in [1.165, 1.54) is 18.1 Å². The quantitative estimate of drug-likeness (QED) is 0.0438. The highest BCUT2D eigenvalue weighted by atomic mass is 35.5. The minimum Gasteiger partial charge on any atom is -0.495 e. The number of ether oxygens (including phenoxy) is 3. The summed E-state index contributed by atoms with van der Waals surface area (Å²) in [5.41, 5.74) is 5.14. The fourth-order valence-corrected chi connectivity index (χ4v) is 10.7. The molecule has 4 aromatic carbocycles. The van der Waals surface area contributed by atoms with E-state index in [4.69, 9.17) is 25.8 Å². The summed E-state index contributed by atoms with van der Waals surface area (Å²) >= 11 is 6.42. The average molecular weight is 1100 g/mol. The van der Waals surface area contributed by atoms with Gasteiger partial charge < -0.3 is 45.9 Å². The molecule has 9 atom stereocenters. The summed E-state index contributed by atoms with van der Waals surface area (Å²) in [6, 6.07) is 23.5. The molecule has 1 fully saturated rings. The largest absolute Gasteiger partial charge is 0.495 e. The normalized spacial score (nSPS) is 22.9. The predicted octanol–water partition coefficient (Wildman–Crippen LogP) is 8.02. The predicted molar refractivity (Wildman–Crippen MR) is 300 cm³/mol. The second kappa shape index (κ2) is 25.7. The van der Waals surface area contributed by atoms with Crippen LogP contribution in [0.15, 0.2) is 103 Å². The first-order chi connectivity index (χ1) is 37.5. The maximum atomic E-state index is 14.1. The lowest BCUT2D eigenvalue weighted by Gasteiger charge is -2.34. The Morgan fingerprint density at radius 2 is 1.47 bits per heavy atom. The van der Waals surface area contributed by atoms with Crippen LogP contribution in [-0.2, 0) is 51.2 Å². The first kappa shape index (κ1) is 59.4. The van der Waals surface area contributed by atoms with Crippen LogP contribution in [0.5, 0.6) is 5.75 Å². The van der Waals surface area contributed by atoms with E-state index in [1.807, 2.05) is 93.6 Å². The smallest absolute Gasteiger partial charge is 0.408 e. The maximum Gasteiger partial charge on any atom is 0.408 e. The van der Waals surface area contributed by atoms with Crippen LogP contribution in [0.25, 0.3) is 11.1 Å². The molecule has 2 heterocycles. The van der Waals surface area contributed by atoms with E-state index >= 15 is 0 Å². The monoisotopic (exact) mass is 1100 g/mol. The second-order valence-corrected chi connectivity index (χ2v) is 22.8. The van der Waals surface area contributed by atoms with E-state index in [0.717, 1.165) is 33.4 Å². The number of amides is 6. The zero-order valence-corrected chi connectivity index (χ0v) is 47.4. The molecule has 1 aliphatic carbocycles. The van der Waals surface area contributed by atoms with E-state index in [9.17, 15) is 38.7 Å². The molecule has 0 bridgehead atoms. The van der Waals surface area contributed by atoms with Gasteiger partial charge in [-0.15, -0.1) is 0 Å². The number of benzene rings is 4. The van der Waals surface area contributed by atoms with E-state index < -0.39 is 95.2 Å². The van der Waals surface area contributed by atoms with E-state index in [-0.39, 0.29) is 56.4 Å². The minimum absolute atomic E-state index is 0.00236. The molecule has 18 heteroatoms. The van der Waals surface area contributed by atoms with E-state index in [0.29, 0.717) is 16.3 Å². The molecule has 0 saturated carbocycles. The fourth-order valence-electron chi connectivity index (χ4n) is 10.4. The number of esters is 1. The van der Waals surface area contributed by atoms with Crippen molar-refractivity contribution < 1.29 is 52.9 Å². The first-order valence-electron chi connectivity index (χ1n) is 27.1. The number of carbonyl (C=O) groups is 7. The summed E-state index contributed by atoms with van der Waals surface area (Å²) in [6.07, 6.45) is 0.604. The number of nitrogens with zero attached hydrogens (tertiary/aromatic N) is 1. The number of epoxide rings is 1. The summed E-state index contributed by atoms with van der Waals surface area (Å²) in [6.45, 7) is 16.1. The van der Waals surface area contributed by atoms with Crippen LogP contribution >= 0.6 is 11.6 Å². The lowest BCUT2D eigenvalue weighted by atomic mass is 9.83. The molecule has 79 heavy (non-hydrogen) atoms. The molecule has 3 aliphatic rings. The van der Waals surface area contributed by atoms with E-state index in [1.54, 1.807) is 65.8 Å². The first-order valence-corrected chi connectivity index (χ1v) is 27.5. The Kier molecular flexibility index (Phi) is 19.3. The molecule has 0 spiro atoms. The standard InChI is InChI=1S/C61H75ClN6O11/c1-33(2)28-48-58(73)78-49(20-15-21-51(69)66-47(30-39-24-27-50(77-10)46(62)29-39)56(71)65-37(7)61(8,9)59(74)67-48)35(5)53-54(79-53)40-25-22-38(23-26-40)31-63-55(70)36(6)64-57(72)52(34(3)4)68(60(75)76)32-45-43-18-13-11-16-41(43)42-17-12-14-19-44(42)45/h11-19,21-27,29,33-37,45,47-49,52-54H,20,28,30-32H2,1-10H3,(H,63,70)(H,64,72)(H,65,71)(H,66,69)(H,67,74)(H,75,76)/b21-15+/t35-,36-,37?,47+,48-,49-,52-,53?,54?/m0/s1. The van der Waals surface area contributed by atoms with Gasteiger partial charge in [0.15, 0.2) is 0 Å². The molecule has 3 unspecified atom stereocenters. The molecule has 6 N–H and O–H groups in total. The van der Waals surface area contributed by atoms with Gasteiger partial charge in [-0.2, -0.15) is 0 Å². The van der Waals surface area contributed by atoms with Crippen LogP contribution in [0.4, 0.5) is 4.79 Å². The molecule has 2 aliphatic heterocycles. The lowest BCUT2D eigenvalue weighted by Crippen LogP contribution is -2.58. The number of methoxy groups -OCH3 is 1. The Morgan fingerprint density at radius 3 is 2.06 bits per heavy atom. The molecule has 1 saturated heterocycles. The number of hydrogen-bond acceptors (Lipinski definition) is 10. The van der Waals surface area contributed by atoms with Crippen molar-refractivity contribution in [3.8, 4) is 16.9 Å². The van der Waals surface area contributed by atoms with Crippen LogP contribution < -0.4 is 31.3 Å². The van der Waals surface area contributed by atoms with Gasteiger partial charge in [0.2, 0.25) is 29.5 Å². The minimum atomic E-state index is -1.23. The van der Waals surface area contributed by atoms with Gasteiger partial charge in [-0.3, -0.25) is 28.9 Å². The number of cyclic esters (lactones) is 1. The zero-order chi connectivity index (χ0) is 57.5. The number of nitrogens with one attached hydrogen (secondary N) is 5. The highest BCUT2D eigenvalue weighted by Crippen LogP contribution is 2.46. The summed E-state index contributed by atoms with van der Waals surface area (Å²) in [7, 11) is 1.50. The number of fused-ring (bicyclic) bond motifs is 3. The van der Waals surface area contributed by atoms with Crippen molar-refractivity contribution in [3.05, 3.63) is 136 Å². The third kappa shape index (κ3) is 14.3. The molecule has 422 valence electrons. The van der Waals surface area contributed by atoms with Crippen LogP contribution in [0.3, 0.4) is 0 Å². The summed E-state index contributed by atoms with van der Waals surface area (Å²) in [4.78, 5) is 97.1. The Hall–Kier alpha value is -7.24. The van der Waals surface area contributed by atoms with Crippen molar-refractivity contribution in [1.29, 1.82) is 0 Å². The van der Waals surface area contributed by atoms with Gasteiger partial charge >= 0.3 is 12.1 Å². The van der Waals surface area contributed by atoms with Gasteiger partial charge in [0.05, 0.1) is 23.7 Å².